The number of amides is 2. The Balaban J connectivity index is 1.80. The molecule has 2 aromatic rings. The van der Waals surface area contributed by atoms with Crippen molar-refractivity contribution < 1.29 is 14.3 Å². The summed E-state index contributed by atoms with van der Waals surface area (Å²) in [7, 11) is 0. The maximum atomic E-state index is 11.9. The maximum Gasteiger partial charge on any atom is 0.249 e. The van der Waals surface area contributed by atoms with Gasteiger partial charge in [0.25, 0.3) is 0 Å². The number of unbranched alkanes of at least 4 members (excludes halogenated alkanes) is 1. The summed E-state index contributed by atoms with van der Waals surface area (Å²) in [6.07, 6.45) is 3.16. The lowest BCUT2D eigenvalue weighted by atomic mass is 10.2. The van der Waals surface area contributed by atoms with Crippen LogP contribution in [0.4, 0.5) is 5.69 Å². The molecule has 0 aliphatic heterocycles. The lowest BCUT2D eigenvalue weighted by Crippen LogP contribution is -2.24. The van der Waals surface area contributed by atoms with Crippen LogP contribution >= 0.6 is 23.2 Å². The van der Waals surface area contributed by atoms with Crippen LogP contribution in [0.5, 0.6) is 5.75 Å². The zero-order chi connectivity index (χ0) is 20.4. The molecule has 0 aliphatic carbocycles. The number of rotatable bonds is 9. The van der Waals surface area contributed by atoms with Gasteiger partial charge in [-0.3, -0.25) is 9.59 Å². The number of hydrogen-bond acceptors (Lipinski definition) is 4. The largest absolute Gasteiger partial charge is 0.494 e. The van der Waals surface area contributed by atoms with E-state index in [1.807, 2.05) is 24.3 Å². The summed E-state index contributed by atoms with van der Waals surface area (Å²) in [5.74, 6) is -0.286. The first kappa shape index (κ1) is 21.7. The van der Waals surface area contributed by atoms with Crippen molar-refractivity contribution in [1.82, 2.24) is 5.43 Å². The highest BCUT2D eigenvalue weighted by Crippen LogP contribution is 2.25. The van der Waals surface area contributed by atoms with Crippen LogP contribution in [0.1, 0.15) is 31.7 Å². The van der Waals surface area contributed by atoms with E-state index < -0.39 is 11.8 Å². The molecular weight excluding hydrogens is 401 g/mol. The van der Waals surface area contributed by atoms with Gasteiger partial charge in [-0.1, -0.05) is 48.7 Å². The SMILES string of the molecule is CCCCOc1cccc(C=NNC(=O)CC(=O)Nc2ccc(Cl)c(Cl)c2)c1. The number of anilines is 1. The monoisotopic (exact) mass is 421 g/mol. The first-order chi connectivity index (χ1) is 13.5. The molecule has 148 valence electrons. The predicted octanol–water partition coefficient (Wildman–Crippen LogP) is 4.65. The Morgan fingerprint density at radius 3 is 2.68 bits per heavy atom. The molecule has 2 amide bonds. The van der Waals surface area contributed by atoms with Crippen LogP contribution in [0.2, 0.25) is 10.0 Å². The van der Waals surface area contributed by atoms with Crippen LogP contribution in [-0.2, 0) is 9.59 Å². The molecule has 0 aliphatic rings. The maximum absolute atomic E-state index is 11.9. The molecule has 2 rings (SSSR count). The van der Waals surface area contributed by atoms with E-state index in [0.29, 0.717) is 22.3 Å². The fourth-order valence-corrected chi connectivity index (χ4v) is 2.46. The number of ether oxygens (including phenoxy) is 1. The van der Waals surface area contributed by atoms with Crippen molar-refractivity contribution in [3.8, 4) is 5.75 Å². The van der Waals surface area contributed by atoms with Gasteiger partial charge in [0.05, 0.1) is 22.9 Å². The molecule has 0 bridgehead atoms. The standard InChI is InChI=1S/C20H21Cl2N3O3/c1-2-3-9-28-16-6-4-5-14(10-16)13-23-25-20(27)12-19(26)24-15-7-8-17(21)18(22)11-15/h4-8,10-11,13H,2-3,9,12H2,1H3,(H,24,26)(H,25,27). The third-order valence-electron chi connectivity index (χ3n) is 3.55. The van der Waals surface area contributed by atoms with Gasteiger partial charge < -0.3 is 10.1 Å². The highest BCUT2D eigenvalue weighted by Gasteiger charge is 2.10. The summed E-state index contributed by atoms with van der Waals surface area (Å²) in [5, 5.41) is 7.13. The normalized spacial score (nSPS) is 10.7. The highest BCUT2D eigenvalue weighted by molar-refractivity contribution is 6.42. The molecule has 0 aromatic heterocycles. The summed E-state index contributed by atoms with van der Waals surface area (Å²) in [6.45, 7) is 2.75. The van der Waals surface area contributed by atoms with E-state index in [1.54, 1.807) is 12.1 Å². The number of benzene rings is 2. The number of hydrogen-bond donors (Lipinski definition) is 2. The van der Waals surface area contributed by atoms with Crippen LogP contribution in [0.25, 0.3) is 0 Å². The van der Waals surface area contributed by atoms with Crippen LogP contribution < -0.4 is 15.5 Å². The topological polar surface area (TPSA) is 79.8 Å². The van der Waals surface area contributed by atoms with Gasteiger partial charge in [-0.2, -0.15) is 5.10 Å². The van der Waals surface area contributed by atoms with E-state index in [-0.39, 0.29) is 6.42 Å². The fourth-order valence-electron chi connectivity index (χ4n) is 2.16. The summed E-state index contributed by atoms with van der Waals surface area (Å²) in [4.78, 5) is 23.7. The third-order valence-corrected chi connectivity index (χ3v) is 4.29. The summed E-state index contributed by atoms with van der Waals surface area (Å²) >= 11 is 11.7. The first-order valence-electron chi connectivity index (χ1n) is 8.77. The van der Waals surface area contributed by atoms with E-state index in [0.717, 1.165) is 24.2 Å². The van der Waals surface area contributed by atoms with E-state index >= 15 is 0 Å². The zero-order valence-electron chi connectivity index (χ0n) is 15.4. The molecule has 2 aromatic carbocycles. The van der Waals surface area contributed by atoms with Gasteiger partial charge in [0, 0.05) is 5.69 Å². The molecule has 0 unspecified atom stereocenters. The van der Waals surface area contributed by atoms with Gasteiger partial charge in [0.15, 0.2) is 0 Å². The zero-order valence-corrected chi connectivity index (χ0v) is 16.9. The number of halogens is 2. The lowest BCUT2D eigenvalue weighted by molar-refractivity contribution is -0.126. The third kappa shape index (κ3) is 7.58. The van der Waals surface area contributed by atoms with Crippen molar-refractivity contribution in [2.45, 2.75) is 26.2 Å². The Hall–Kier alpha value is -2.57. The minimum Gasteiger partial charge on any atom is -0.494 e. The van der Waals surface area contributed by atoms with Crippen molar-refractivity contribution >= 4 is 46.9 Å². The van der Waals surface area contributed by atoms with Crippen LogP contribution in [-0.4, -0.2) is 24.6 Å². The lowest BCUT2D eigenvalue weighted by Gasteiger charge is -2.06. The second kappa shape index (κ2) is 11.3. The van der Waals surface area contributed by atoms with Crippen molar-refractivity contribution in [2.75, 3.05) is 11.9 Å². The molecule has 28 heavy (non-hydrogen) atoms. The number of nitrogens with one attached hydrogen (secondary N) is 2. The van der Waals surface area contributed by atoms with Crippen LogP contribution in [0.3, 0.4) is 0 Å². The molecule has 2 N–H and O–H groups in total. The van der Waals surface area contributed by atoms with E-state index in [4.69, 9.17) is 27.9 Å². The van der Waals surface area contributed by atoms with Gasteiger partial charge in [0.1, 0.15) is 12.2 Å². The van der Waals surface area contributed by atoms with Crippen LogP contribution in [0.15, 0.2) is 47.6 Å². The average molecular weight is 422 g/mol. The molecule has 0 saturated carbocycles. The average Bonchev–Trinajstić information content (AvgIpc) is 2.65. The Bertz CT molecular complexity index is 856. The Kier molecular flexibility index (Phi) is 8.78. The molecule has 0 fully saturated rings. The second-order valence-electron chi connectivity index (χ2n) is 5.92. The summed E-state index contributed by atoms with van der Waals surface area (Å²) in [6, 6.07) is 12.0. The predicted molar refractivity (Wildman–Crippen MR) is 112 cm³/mol. The molecule has 0 saturated heterocycles. The number of carbonyl (C=O) groups excluding carboxylic acids is 2. The van der Waals surface area contributed by atoms with Crippen molar-refractivity contribution in [3.05, 3.63) is 58.1 Å². The molecule has 0 heterocycles. The summed E-state index contributed by atoms with van der Waals surface area (Å²) in [5.41, 5.74) is 3.55. The van der Waals surface area contributed by atoms with Crippen molar-refractivity contribution in [2.24, 2.45) is 5.10 Å². The van der Waals surface area contributed by atoms with Crippen molar-refractivity contribution in [1.29, 1.82) is 0 Å². The highest BCUT2D eigenvalue weighted by atomic mass is 35.5. The van der Waals surface area contributed by atoms with Crippen LogP contribution in [0, 0.1) is 0 Å². The van der Waals surface area contributed by atoms with E-state index in [9.17, 15) is 9.59 Å². The number of nitrogens with zero attached hydrogens (tertiary/aromatic N) is 1. The van der Waals surface area contributed by atoms with Gasteiger partial charge in [0.2, 0.25) is 11.8 Å². The van der Waals surface area contributed by atoms with Gasteiger partial charge in [-0.25, -0.2) is 5.43 Å². The molecular formula is C20H21Cl2N3O3. The molecule has 0 atom stereocenters. The Morgan fingerprint density at radius 2 is 1.93 bits per heavy atom. The quantitative estimate of drug-likeness (QED) is 0.267. The molecule has 6 nitrogen and oxygen atoms in total. The molecule has 0 radical (unpaired) electrons. The van der Waals surface area contributed by atoms with E-state index in [1.165, 1.54) is 12.3 Å². The Morgan fingerprint density at radius 1 is 1.11 bits per heavy atom. The van der Waals surface area contributed by atoms with Gasteiger partial charge in [-0.15, -0.1) is 0 Å². The minimum atomic E-state index is -0.538. The van der Waals surface area contributed by atoms with Crippen molar-refractivity contribution in [3.63, 3.8) is 0 Å². The summed E-state index contributed by atoms with van der Waals surface area (Å²) < 4.78 is 5.62. The Labute approximate surface area is 173 Å². The smallest absolute Gasteiger partial charge is 0.249 e. The molecule has 0 spiro atoms. The van der Waals surface area contributed by atoms with Gasteiger partial charge >= 0.3 is 0 Å². The first-order valence-corrected chi connectivity index (χ1v) is 9.53. The van der Waals surface area contributed by atoms with E-state index in [2.05, 4.69) is 22.8 Å². The number of carbonyl (C=O) groups is 2. The fraction of sp³-hybridized carbons (Fsp3) is 0.250. The minimum absolute atomic E-state index is 0.314. The van der Waals surface area contributed by atoms with Gasteiger partial charge in [-0.05, 0) is 42.3 Å². The molecule has 8 heteroatoms. The second-order valence-corrected chi connectivity index (χ2v) is 6.74. The number of hydrazone groups is 1.